The van der Waals surface area contributed by atoms with Gasteiger partial charge in [-0.25, -0.2) is 0 Å². The van der Waals surface area contributed by atoms with Crippen LogP contribution in [0.2, 0.25) is 0 Å². The number of nitrogens with one attached hydrogen (secondary N) is 1. The summed E-state index contributed by atoms with van der Waals surface area (Å²) in [6.45, 7) is 5.10. The van der Waals surface area contributed by atoms with Crippen molar-refractivity contribution in [3.63, 3.8) is 0 Å². The average Bonchev–Trinajstić information content (AvgIpc) is 2.54. The molecule has 2 rings (SSSR count). The Morgan fingerprint density at radius 1 is 1.23 bits per heavy atom. The van der Waals surface area contributed by atoms with Crippen molar-refractivity contribution in [3.05, 3.63) is 53.1 Å². The summed E-state index contributed by atoms with van der Waals surface area (Å²) in [4.78, 5) is 11.8. The molecule has 0 radical (unpaired) electrons. The Labute approximate surface area is 134 Å². The summed E-state index contributed by atoms with van der Waals surface area (Å²) in [7, 11) is 0. The van der Waals surface area contributed by atoms with E-state index in [9.17, 15) is 4.79 Å². The predicted molar refractivity (Wildman–Crippen MR) is 93.7 cm³/mol. The van der Waals surface area contributed by atoms with Crippen LogP contribution in [0.3, 0.4) is 0 Å². The van der Waals surface area contributed by atoms with Crippen LogP contribution in [0.25, 0.3) is 6.08 Å². The van der Waals surface area contributed by atoms with Gasteiger partial charge in [0, 0.05) is 12.6 Å². The van der Waals surface area contributed by atoms with Gasteiger partial charge in [0.2, 0.25) is 5.91 Å². The second-order valence-corrected chi connectivity index (χ2v) is 6.30. The first-order chi connectivity index (χ1) is 10.6. The highest BCUT2D eigenvalue weighted by Crippen LogP contribution is 2.19. The van der Waals surface area contributed by atoms with Crippen molar-refractivity contribution < 1.29 is 4.79 Å². The van der Waals surface area contributed by atoms with Crippen molar-refractivity contribution in [3.8, 4) is 0 Å². The third kappa shape index (κ3) is 5.51. The minimum absolute atomic E-state index is 0.00987. The van der Waals surface area contributed by atoms with Gasteiger partial charge in [0.1, 0.15) is 0 Å². The van der Waals surface area contributed by atoms with E-state index in [0.29, 0.717) is 5.92 Å². The number of hydrogen-bond acceptors (Lipinski definition) is 1. The second-order valence-electron chi connectivity index (χ2n) is 6.30. The molecule has 1 aliphatic rings. The van der Waals surface area contributed by atoms with Crippen LogP contribution in [-0.4, -0.2) is 12.5 Å². The van der Waals surface area contributed by atoms with Gasteiger partial charge < -0.3 is 5.32 Å². The lowest BCUT2D eigenvalue weighted by Crippen LogP contribution is -2.22. The fourth-order valence-corrected chi connectivity index (χ4v) is 2.70. The molecule has 0 spiro atoms. The first-order valence-corrected chi connectivity index (χ1v) is 8.39. The van der Waals surface area contributed by atoms with Crippen LogP contribution >= 0.6 is 0 Å². The standard InChI is InChI=1S/C20H27NO/c1-16(2)19-11-8-18(9-12-19)10-13-20(22)21-15-14-17-6-4-3-5-7-17/h6,8-13,16H,3-5,7,14-15H2,1-2H3,(H,21,22)/b13-10+. The van der Waals surface area contributed by atoms with Crippen LogP contribution in [0.1, 0.15) is 63.0 Å². The highest BCUT2D eigenvalue weighted by Gasteiger charge is 2.03. The molecule has 0 saturated heterocycles. The summed E-state index contributed by atoms with van der Waals surface area (Å²) in [6, 6.07) is 8.37. The van der Waals surface area contributed by atoms with Crippen molar-refractivity contribution in [2.24, 2.45) is 0 Å². The van der Waals surface area contributed by atoms with Crippen molar-refractivity contribution in [1.82, 2.24) is 5.32 Å². The van der Waals surface area contributed by atoms with Gasteiger partial charge in [0.15, 0.2) is 0 Å². The molecule has 0 heterocycles. The fourth-order valence-electron chi connectivity index (χ4n) is 2.70. The van der Waals surface area contributed by atoms with Crippen LogP contribution in [0, 0.1) is 0 Å². The van der Waals surface area contributed by atoms with Crippen molar-refractivity contribution in [1.29, 1.82) is 0 Å². The molecular weight excluding hydrogens is 270 g/mol. The maximum atomic E-state index is 11.8. The summed E-state index contributed by atoms with van der Waals surface area (Å²) >= 11 is 0. The number of hydrogen-bond donors (Lipinski definition) is 1. The molecule has 1 N–H and O–H groups in total. The van der Waals surface area contributed by atoms with Gasteiger partial charge in [-0.15, -0.1) is 0 Å². The molecular formula is C20H27NO. The molecule has 0 aliphatic heterocycles. The first-order valence-electron chi connectivity index (χ1n) is 8.39. The molecule has 118 valence electrons. The Morgan fingerprint density at radius 2 is 2.00 bits per heavy atom. The molecule has 1 amide bonds. The van der Waals surface area contributed by atoms with E-state index in [1.54, 1.807) is 6.08 Å². The number of carbonyl (C=O) groups excluding carboxylic acids is 1. The highest BCUT2D eigenvalue weighted by atomic mass is 16.1. The Kier molecular flexibility index (Phi) is 6.45. The lowest BCUT2D eigenvalue weighted by molar-refractivity contribution is -0.116. The van der Waals surface area contributed by atoms with E-state index < -0.39 is 0 Å². The lowest BCUT2D eigenvalue weighted by atomic mass is 9.97. The number of amides is 1. The predicted octanol–water partition coefficient (Wildman–Crippen LogP) is 4.83. The summed E-state index contributed by atoms with van der Waals surface area (Å²) in [5, 5.41) is 2.96. The van der Waals surface area contributed by atoms with Gasteiger partial charge in [-0.05, 0) is 55.2 Å². The van der Waals surface area contributed by atoms with Crippen molar-refractivity contribution >= 4 is 12.0 Å². The van der Waals surface area contributed by atoms with Crippen molar-refractivity contribution in [2.75, 3.05) is 6.54 Å². The van der Waals surface area contributed by atoms with E-state index in [4.69, 9.17) is 0 Å². The van der Waals surface area contributed by atoms with Gasteiger partial charge in [-0.1, -0.05) is 49.8 Å². The van der Waals surface area contributed by atoms with E-state index in [2.05, 4.69) is 49.5 Å². The molecule has 1 aromatic rings. The average molecular weight is 297 g/mol. The van der Waals surface area contributed by atoms with Gasteiger partial charge in [-0.3, -0.25) is 4.79 Å². The Bertz CT molecular complexity index is 537. The summed E-state index contributed by atoms with van der Waals surface area (Å²) in [5.41, 5.74) is 3.89. The van der Waals surface area contributed by atoms with E-state index in [0.717, 1.165) is 18.5 Å². The van der Waals surface area contributed by atoms with Gasteiger partial charge >= 0.3 is 0 Å². The zero-order valence-electron chi connectivity index (χ0n) is 13.8. The molecule has 0 fully saturated rings. The van der Waals surface area contributed by atoms with E-state index >= 15 is 0 Å². The molecule has 0 atom stereocenters. The van der Waals surface area contributed by atoms with E-state index in [1.807, 2.05) is 6.08 Å². The van der Waals surface area contributed by atoms with Gasteiger partial charge in [-0.2, -0.15) is 0 Å². The molecule has 2 nitrogen and oxygen atoms in total. The maximum absolute atomic E-state index is 11.8. The van der Waals surface area contributed by atoms with Gasteiger partial charge in [0.25, 0.3) is 0 Å². The maximum Gasteiger partial charge on any atom is 0.244 e. The Morgan fingerprint density at radius 3 is 2.64 bits per heavy atom. The van der Waals surface area contributed by atoms with E-state index in [-0.39, 0.29) is 5.91 Å². The normalized spacial score (nSPS) is 15.1. The van der Waals surface area contributed by atoms with Crippen LogP contribution in [0.4, 0.5) is 0 Å². The molecule has 0 aromatic heterocycles. The zero-order chi connectivity index (χ0) is 15.8. The molecule has 0 unspecified atom stereocenters. The van der Waals surface area contributed by atoms with Crippen LogP contribution in [-0.2, 0) is 4.79 Å². The largest absolute Gasteiger partial charge is 0.352 e. The van der Waals surface area contributed by atoms with Crippen LogP contribution in [0.5, 0.6) is 0 Å². The van der Waals surface area contributed by atoms with E-state index in [1.165, 1.54) is 36.8 Å². The number of rotatable bonds is 6. The summed E-state index contributed by atoms with van der Waals surface area (Å²) < 4.78 is 0. The molecule has 0 bridgehead atoms. The molecule has 1 aromatic carbocycles. The highest BCUT2D eigenvalue weighted by molar-refractivity contribution is 5.91. The number of allylic oxidation sites excluding steroid dienone is 1. The number of benzene rings is 1. The van der Waals surface area contributed by atoms with Crippen LogP contribution < -0.4 is 5.32 Å². The minimum atomic E-state index is -0.00987. The topological polar surface area (TPSA) is 29.1 Å². The summed E-state index contributed by atoms with van der Waals surface area (Å²) in [5.74, 6) is 0.528. The Hall–Kier alpha value is -1.83. The minimum Gasteiger partial charge on any atom is -0.352 e. The third-order valence-corrected chi connectivity index (χ3v) is 4.16. The van der Waals surface area contributed by atoms with Crippen LogP contribution in [0.15, 0.2) is 42.0 Å². The molecule has 22 heavy (non-hydrogen) atoms. The Balaban J connectivity index is 1.74. The van der Waals surface area contributed by atoms with Crippen molar-refractivity contribution in [2.45, 2.75) is 51.9 Å². The number of carbonyl (C=O) groups is 1. The fraction of sp³-hybridized carbons (Fsp3) is 0.450. The molecule has 0 saturated carbocycles. The first kappa shape index (κ1) is 16.5. The summed E-state index contributed by atoms with van der Waals surface area (Å²) in [6.07, 6.45) is 11.8. The monoisotopic (exact) mass is 297 g/mol. The quantitative estimate of drug-likeness (QED) is 0.591. The zero-order valence-corrected chi connectivity index (χ0v) is 13.8. The third-order valence-electron chi connectivity index (χ3n) is 4.16. The smallest absolute Gasteiger partial charge is 0.244 e. The SMILES string of the molecule is CC(C)c1ccc(/C=C/C(=O)NCCC2=CCCCC2)cc1. The van der Waals surface area contributed by atoms with Gasteiger partial charge in [0.05, 0.1) is 0 Å². The molecule has 2 heteroatoms. The lowest BCUT2D eigenvalue weighted by Gasteiger charge is -2.12. The molecule has 1 aliphatic carbocycles. The second kappa shape index (κ2) is 8.57.